The van der Waals surface area contributed by atoms with Gasteiger partial charge in [-0.25, -0.2) is 0 Å². The summed E-state index contributed by atoms with van der Waals surface area (Å²) in [6, 6.07) is 6.64. The summed E-state index contributed by atoms with van der Waals surface area (Å²) < 4.78 is 10.5. The molecule has 0 saturated carbocycles. The first kappa shape index (κ1) is 15.8. The van der Waals surface area contributed by atoms with Crippen molar-refractivity contribution in [1.82, 2.24) is 10.3 Å². The van der Waals surface area contributed by atoms with Crippen molar-refractivity contribution in [2.45, 2.75) is 19.9 Å². The summed E-state index contributed by atoms with van der Waals surface area (Å²) in [4.78, 5) is 28.3. The number of nitrogens with zero attached hydrogens (tertiary/aromatic N) is 1. The lowest BCUT2D eigenvalue weighted by Crippen LogP contribution is -2.30. The van der Waals surface area contributed by atoms with E-state index in [0.29, 0.717) is 28.3 Å². The molecule has 0 fully saturated rings. The fraction of sp³-hybridized carbons (Fsp3) is 0.235. The number of carbonyl (C=O) groups excluding carboxylic acids is 2. The van der Waals surface area contributed by atoms with Crippen molar-refractivity contribution < 1.29 is 19.1 Å². The van der Waals surface area contributed by atoms with Gasteiger partial charge in [-0.1, -0.05) is 0 Å². The van der Waals surface area contributed by atoms with Gasteiger partial charge in [0.2, 0.25) is 6.79 Å². The maximum atomic E-state index is 12.4. The zero-order chi connectivity index (χ0) is 17.1. The molecule has 0 aliphatic carbocycles. The third kappa shape index (κ3) is 3.45. The average Bonchev–Trinajstić information content (AvgIpc) is 3.02. The molecule has 1 aromatic carbocycles. The Kier molecular flexibility index (Phi) is 4.33. The normalized spacial score (nSPS) is 12.1. The second-order valence-electron chi connectivity index (χ2n) is 5.61. The van der Waals surface area contributed by atoms with E-state index in [1.165, 1.54) is 18.5 Å². The smallest absolute Gasteiger partial charge is 0.257 e. The first-order valence-electron chi connectivity index (χ1n) is 7.50. The predicted octanol–water partition coefficient (Wildman–Crippen LogP) is 2.20. The number of hydrogen-bond acceptors (Lipinski definition) is 5. The van der Waals surface area contributed by atoms with Crippen molar-refractivity contribution in [2.75, 3.05) is 12.1 Å². The van der Waals surface area contributed by atoms with Gasteiger partial charge in [-0.15, -0.1) is 0 Å². The Morgan fingerprint density at radius 1 is 1.04 bits per heavy atom. The molecule has 0 spiro atoms. The molecule has 7 nitrogen and oxygen atoms in total. The van der Waals surface area contributed by atoms with E-state index in [0.717, 1.165) is 0 Å². The summed E-state index contributed by atoms with van der Waals surface area (Å²) in [5.74, 6) is 0.591. The molecule has 7 heteroatoms. The molecule has 2 heterocycles. The lowest BCUT2D eigenvalue weighted by molar-refractivity contribution is 0.0942. The third-order valence-electron chi connectivity index (χ3n) is 3.31. The van der Waals surface area contributed by atoms with Crippen molar-refractivity contribution >= 4 is 17.5 Å². The number of rotatable bonds is 4. The first-order valence-corrected chi connectivity index (χ1v) is 7.50. The number of benzene rings is 1. The van der Waals surface area contributed by atoms with Gasteiger partial charge < -0.3 is 20.1 Å². The average molecular weight is 327 g/mol. The standard InChI is InChI=1S/C17H17N3O4/c1-10(2)19-16(21)11-5-12(8-18-7-11)17(22)20-13-3-4-14-15(6-13)24-9-23-14/h3-8,10H,9H2,1-2H3,(H,19,21)(H,20,22). The van der Waals surface area contributed by atoms with Gasteiger partial charge in [0.1, 0.15) is 0 Å². The molecule has 2 N–H and O–H groups in total. The fourth-order valence-corrected chi connectivity index (χ4v) is 2.21. The maximum Gasteiger partial charge on any atom is 0.257 e. The van der Waals surface area contributed by atoms with Crippen molar-refractivity contribution in [3.05, 3.63) is 47.8 Å². The highest BCUT2D eigenvalue weighted by Gasteiger charge is 2.16. The minimum absolute atomic E-state index is 0.00335. The van der Waals surface area contributed by atoms with Crippen LogP contribution in [0.2, 0.25) is 0 Å². The van der Waals surface area contributed by atoms with Gasteiger partial charge in [0.25, 0.3) is 11.8 Å². The summed E-state index contributed by atoms with van der Waals surface area (Å²) >= 11 is 0. The van der Waals surface area contributed by atoms with Gasteiger partial charge >= 0.3 is 0 Å². The highest BCUT2D eigenvalue weighted by Crippen LogP contribution is 2.34. The Balaban J connectivity index is 1.74. The zero-order valence-corrected chi connectivity index (χ0v) is 13.3. The van der Waals surface area contributed by atoms with Crippen LogP contribution in [-0.2, 0) is 0 Å². The van der Waals surface area contributed by atoms with Gasteiger partial charge in [-0.2, -0.15) is 0 Å². The molecule has 24 heavy (non-hydrogen) atoms. The molecule has 3 rings (SSSR count). The van der Waals surface area contributed by atoms with E-state index in [9.17, 15) is 9.59 Å². The number of hydrogen-bond donors (Lipinski definition) is 2. The van der Waals surface area contributed by atoms with E-state index in [-0.39, 0.29) is 24.6 Å². The van der Waals surface area contributed by atoms with Gasteiger partial charge in [0.05, 0.1) is 11.1 Å². The summed E-state index contributed by atoms with van der Waals surface area (Å²) in [6.45, 7) is 3.90. The van der Waals surface area contributed by atoms with Gasteiger partial charge in [0.15, 0.2) is 11.5 Å². The highest BCUT2D eigenvalue weighted by atomic mass is 16.7. The molecular formula is C17H17N3O4. The molecule has 2 aromatic rings. The Hall–Kier alpha value is -3.09. The van der Waals surface area contributed by atoms with E-state index in [1.54, 1.807) is 18.2 Å². The first-order chi connectivity index (χ1) is 11.5. The molecule has 0 saturated heterocycles. The molecule has 0 radical (unpaired) electrons. The summed E-state index contributed by atoms with van der Waals surface area (Å²) in [5.41, 5.74) is 1.20. The quantitative estimate of drug-likeness (QED) is 0.898. The van der Waals surface area contributed by atoms with Crippen LogP contribution < -0.4 is 20.1 Å². The maximum absolute atomic E-state index is 12.4. The van der Waals surface area contributed by atoms with Crippen LogP contribution in [0.1, 0.15) is 34.6 Å². The van der Waals surface area contributed by atoms with E-state index < -0.39 is 0 Å². The van der Waals surface area contributed by atoms with E-state index >= 15 is 0 Å². The van der Waals surface area contributed by atoms with Crippen LogP contribution >= 0.6 is 0 Å². The number of pyridine rings is 1. The predicted molar refractivity (Wildman–Crippen MR) is 87.4 cm³/mol. The summed E-state index contributed by atoms with van der Waals surface area (Å²) in [6.07, 6.45) is 2.84. The van der Waals surface area contributed by atoms with Crippen LogP contribution in [0.25, 0.3) is 0 Å². The number of nitrogens with one attached hydrogen (secondary N) is 2. The van der Waals surface area contributed by atoms with Crippen LogP contribution in [0.5, 0.6) is 11.5 Å². The van der Waals surface area contributed by atoms with E-state index in [2.05, 4.69) is 15.6 Å². The minimum atomic E-state index is -0.361. The van der Waals surface area contributed by atoms with Crippen LogP contribution in [0.15, 0.2) is 36.7 Å². The molecular weight excluding hydrogens is 310 g/mol. The van der Waals surface area contributed by atoms with Crippen molar-refractivity contribution in [3.8, 4) is 11.5 Å². The minimum Gasteiger partial charge on any atom is -0.454 e. The molecule has 1 aromatic heterocycles. The van der Waals surface area contributed by atoms with E-state index in [1.807, 2.05) is 13.8 Å². The molecule has 0 bridgehead atoms. The molecule has 124 valence electrons. The van der Waals surface area contributed by atoms with Crippen molar-refractivity contribution in [2.24, 2.45) is 0 Å². The Morgan fingerprint density at radius 3 is 2.50 bits per heavy atom. The second kappa shape index (κ2) is 6.57. The highest BCUT2D eigenvalue weighted by molar-refractivity contribution is 6.06. The molecule has 1 aliphatic heterocycles. The van der Waals surface area contributed by atoms with Crippen LogP contribution in [0, 0.1) is 0 Å². The van der Waals surface area contributed by atoms with E-state index in [4.69, 9.17) is 9.47 Å². The lowest BCUT2D eigenvalue weighted by atomic mass is 10.1. The third-order valence-corrected chi connectivity index (χ3v) is 3.31. The van der Waals surface area contributed by atoms with Gasteiger partial charge in [-0.05, 0) is 32.0 Å². The van der Waals surface area contributed by atoms with Crippen molar-refractivity contribution in [3.63, 3.8) is 0 Å². The van der Waals surface area contributed by atoms with Crippen molar-refractivity contribution in [1.29, 1.82) is 0 Å². The monoisotopic (exact) mass is 327 g/mol. The Bertz CT molecular complexity index is 789. The molecule has 0 unspecified atom stereocenters. The fourth-order valence-electron chi connectivity index (χ4n) is 2.21. The SMILES string of the molecule is CC(C)NC(=O)c1cncc(C(=O)Nc2ccc3c(c2)OCO3)c1. The zero-order valence-electron chi connectivity index (χ0n) is 13.3. The van der Waals surface area contributed by atoms with Gasteiger partial charge in [0, 0.05) is 30.2 Å². The number of anilines is 1. The Morgan fingerprint density at radius 2 is 1.75 bits per heavy atom. The molecule has 0 atom stereocenters. The number of fused-ring (bicyclic) bond motifs is 1. The number of ether oxygens (including phenoxy) is 2. The largest absolute Gasteiger partial charge is 0.454 e. The molecule has 1 aliphatic rings. The number of amides is 2. The van der Waals surface area contributed by atoms with Crippen LogP contribution in [0.3, 0.4) is 0 Å². The summed E-state index contributed by atoms with van der Waals surface area (Å²) in [7, 11) is 0. The topological polar surface area (TPSA) is 89.6 Å². The number of carbonyl (C=O) groups is 2. The summed E-state index contributed by atoms with van der Waals surface area (Å²) in [5, 5.41) is 5.51. The van der Waals surface area contributed by atoms with Crippen LogP contribution in [-0.4, -0.2) is 29.6 Å². The second-order valence-corrected chi connectivity index (χ2v) is 5.61. The Labute approximate surface area is 139 Å². The lowest BCUT2D eigenvalue weighted by Gasteiger charge is -2.09. The van der Waals surface area contributed by atoms with Crippen LogP contribution in [0.4, 0.5) is 5.69 Å². The van der Waals surface area contributed by atoms with Gasteiger partial charge in [-0.3, -0.25) is 14.6 Å². The number of aromatic nitrogens is 1. The molecule has 2 amide bonds.